The Kier molecular flexibility index (Phi) is 5.98. The summed E-state index contributed by atoms with van der Waals surface area (Å²) in [4.78, 5) is 13.7. The smallest absolute Gasteiger partial charge is 0.478 e. The summed E-state index contributed by atoms with van der Waals surface area (Å²) in [6.07, 6.45) is -2.33. The summed E-state index contributed by atoms with van der Waals surface area (Å²) in [5.41, 5.74) is 2.05. The number of nitrogens with one attached hydrogen (secondary N) is 1. The van der Waals surface area contributed by atoms with Gasteiger partial charge in [-0.05, 0) is 54.0 Å². The third kappa shape index (κ3) is 4.62. The molecule has 0 saturated carbocycles. The van der Waals surface area contributed by atoms with E-state index in [1.165, 1.54) is 23.5 Å². The van der Waals surface area contributed by atoms with Crippen molar-refractivity contribution in [2.45, 2.75) is 46.0 Å². The molecule has 1 heterocycles. The van der Waals surface area contributed by atoms with Crippen molar-refractivity contribution < 1.29 is 27.8 Å². The van der Waals surface area contributed by atoms with Gasteiger partial charge in [0.15, 0.2) is 0 Å². The third-order valence-electron chi connectivity index (χ3n) is 4.79. The van der Waals surface area contributed by atoms with Crippen LogP contribution in [0.3, 0.4) is 0 Å². The fourth-order valence-electron chi connectivity index (χ4n) is 3.50. The van der Waals surface area contributed by atoms with E-state index < -0.39 is 12.3 Å². The van der Waals surface area contributed by atoms with Crippen LogP contribution in [0, 0.1) is 5.41 Å². The quantitative estimate of drug-likeness (QED) is 0.374. The van der Waals surface area contributed by atoms with E-state index in [2.05, 4.69) is 22.1 Å². The number of fused-ring (bicyclic) bond motifs is 1. The Balaban J connectivity index is 2.10. The minimum Gasteiger partial charge on any atom is -0.478 e. The third-order valence-corrected chi connectivity index (χ3v) is 6.52. The second kappa shape index (κ2) is 7.83. The van der Waals surface area contributed by atoms with Crippen LogP contribution in [0.15, 0.2) is 18.2 Å². The second-order valence-corrected chi connectivity index (χ2v) is 9.40. The van der Waals surface area contributed by atoms with E-state index in [-0.39, 0.29) is 23.3 Å². The molecule has 1 aliphatic rings. The highest BCUT2D eigenvalue weighted by molar-refractivity contribution is 14.1. The number of halogens is 4. The molecule has 1 aromatic carbocycles. The van der Waals surface area contributed by atoms with Gasteiger partial charge in [-0.25, -0.2) is 4.79 Å². The summed E-state index contributed by atoms with van der Waals surface area (Å²) in [7, 11) is 0. The Bertz CT molecular complexity index is 909. The molecule has 28 heavy (non-hydrogen) atoms. The average molecular weight is 525 g/mol. The van der Waals surface area contributed by atoms with E-state index in [0.717, 1.165) is 23.3 Å². The van der Waals surface area contributed by atoms with Gasteiger partial charge in [0.2, 0.25) is 0 Å². The largest absolute Gasteiger partial charge is 0.573 e. The van der Waals surface area contributed by atoms with Gasteiger partial charge in [0.05, 0.1) is 5.56 Å². The molecule has 0 aliphatic heterocycles. The molecule has 152 valence electrons. The maximum absolute atomic E-state index is 12.7. The van der Waals surface area contributed by atoms with Crippen LogP contribution < -0.4 is 8.27 Å². The van der Waals surface area contributed by atoms with Crippen molar-refractivity contribution in [3.8, 4) is 16.2 Å². The highest BCUT2D eigenvalue weighted by Crippen LogP contribution is 2.45. The van der Waals surface area contributed by atoms with E-state index in [9.17, 15) is 23.1 Å². The molecule has 4 nitrogen and oxygen atoms in total. The zero-order valence-electron chi connectivity index (χ0n) is 15.2. The summed E-state index contributed by atoms with van der Waals surface area (Å²) in [5.74, 6) is -1.30. The van der Waals surface area contributed by atoms with E-state index in [1.54, 1.807) is 6.07 Å². The van der Waals surface area contributed by atoms with Gasteiger partial charge in [0.1, 0.15) is 5.75 Å². The number of carboxylic acids is 1. The number of rotatable bonds is 5. The van der Waals surface area contributed by atoms with Gasteiger partial charge in [0, 0.05) is 44.7 Å². The summed E-state index contributed by atoms with van der Waals surface area (Å²) in [6, 6.07) is 4.31. The van der Waals surface area contributed by atoms with Gasteiger partial charge in [-0.1, -0.05) is 13.8 Å². The number of ether oxygens (including phenoxy) is 1. The maximum Gasteiger partial charge on any atom is 0.573 e. The van der Waals surface area contributed by atoms with Crippen molar-refractivity contribution >= 4 is 40.2 Å². The van der Waals surface area contributed by atoms with Crippen LogP contribution in [-0.2, 0) is 19.4 Å². The number of aromatic carboxylic acids is 1. The number of carbonyl (C=O) groups is 1. The first kappa shape index (κ1) is 21.4. The van der Waals surface area contributed by atoms with Gasteiger partial charge in [-0.2, -0.15) is 0 Å². The number of alkyl halides is 3. The summed E-state index contributed by atoms with van der Waals surface area (Å²) < 4.78 is 44.9. The zero-order valence-corrected chi connectivity index (χ0v) is 18.2. The molecular weight excluding hydrogens is 506 g/mol. The topological polar surface area (TPSA) is 58.6 Å². The van der Waals surface area contributed by atoms with Crippen molar-refractivity contribution in [3.05, 3.63) is 39.8 Å². The first-order chi connectivity index (χ1) is 13.0. The first-order valence-electron chi connectivity index (χ1n) is 8.61. The average Bonchev–Trinajstić information content (AvgIpc) is 2.92. The van der Waals surface area contributed by atoms with Gasteiger partial charge in [-0.15, -0.1) is 24.5 Å². The molecule has 2 N–H and O–H groups in total. The summed E-state index contributed by atoms with van der Waals surface area (Å²) in [6.45, 7) is 4.39. The highest BCUT2D eigenvalue weighted by Gasteiger charge is 2.34. The monoisotopic (exact) mass is 525 g/mol. The van der Waals surface area contributed by atoms with Crippen molar-refractivity contribution in [2.24, 2.45) is 5.41 Å². The number of hydrogen-bond donors (Lipinski definition) is 2. The molecule has 0 amide bonds. The van der Waals surface area contributed by atoms with Crippen molar-refractivity contribution in [1.82, 2.24) is 3.53 Å². The lowest BCUT2D eigenvalue weighted by atomic mass is 9.76. The number of thiophene rings is 1. The van der Waals surface area contributed by atoms with Crippen molar-refractivity contribution in [3.63, 3.8) is 0 Å². The normalized spacial score (nSPS) is 15.9. The van der Waals surface area contributed by atoms with Gasteiger partial charge in [-0.3, -0.25) is 3.53 Å². The van der Waals surface area contributed by atoms with E-state index in [4.69, 9.17) is 0 Å². The minimum atomic E-state index is -4.79. The maximum atomic E-state index is 12.7. The molecule has 0 radical (unpaired) electrons. The zero-order chi connectivity index (χ0) is 20.7. The molecule has 0 atom stereocenters. The SMILES string of the molecule is CC1(C)CCc2sc(-c3ccc(OC(F)(F)F)c(CNI)c3)c(C(=O)O)c2C1. The van der Waals surface area contributed by atoms with Crippen LogP contribution in [0.1, 0.15) is 46.6 Å². The summed E-state index contributed by atoms with van der Waals surface area (Å²) >= 11 is 3.27. The molecule has 0 bridgehead atoms. The van der Waals surface area contributed by atoms with Crippen LogP contribution >= 0.6 is 34.2 Å². The molecule has 0 fully saturated rings. The Morgan fingerprint density at radius 1 is 1.39 bits per heavy atom. The second-order valence-electron chi connectivity index (χ2n) is 7.53. The molecule has 9 heteroatoms. The Labute approximate surface area is 178 Å². The van der Waals surface area contributed by atoms with Gasteiger partial charge < -0.3 is 9.84 Å². The van der Waals surface area contributed by atoms with Crippen molar-refractivity contribution in [2.75, 3.05) is 0 Å². The number of carboxylic acid groups (broad SMARTS) is 1. The minimum absolute atomic E-state index is 0.0240. The van der Waals surface area contributed by atoms with Gasteiger partial charge in [0.25, 0.3) is 0 Å². The highest BCUT2D eigenvalue weighted by atomic mass is 127. The van der Waals surface area contributed by atoms with Gasteiger partial charge >= 0.3 is 12.3 Å². The predicted octanol–water partition coefficient (Wildman–Crippen LogP) is 5.97. The van der Waals surface area contributed by atoms with Crippen LogP contribution in [0.25, 0.3) is 10.4 Å². The Morgan fingerprint density at radius 2 is 2.11 bits per heavy atom. The van der Waals surface area contributed by atoms with Crippen LogP contribution in [-0.4, -0.2) is 17.4 Å². The summed E-state index contributed by atoms with van der Waals surface area (Å²) in [5, 5.41) is 9.84. The fraction of sp³-hybridized carbons (Fsp3) is 0.421. The molecule has 1 aliphatic carbocycles. The van der Waals surface area contributed by atoms with Crippen LogP contribution in [0.5, 0.6) is 5.75 Å². The molecule has 0 unspecified atom stereocenters. The number of hydrogen-bond acceptors (Lipinski definition) is 4. The Morgan fingerprint density at radius 3 is 2.71 bits per heavy atom. The molecule has 0 spiro atoms. The molecule has 2 aromatic rings. The van der Waals surface area contributed by atoms with Crippen LogP contribution in [0.2, 0.25) is 0 Å². The first-order valence-corrected chi connectivity index (χ1v) is 10.5. The molecule has 3 rings (SSSR count). The Hall–Kier alpha value is -1.33. The lowest BCUT2D eigenvalue weighted by Crippen LogP contribution is -2.22. The lowest BCUT2D eigenvalue weighted by Gasteiger charge is -2.29. The predicted molar refractivity (Wildman–Crippen MR) is 110 cm³/mol. The standard InChI is InChI=1S/C19H19F3INO3S/c1-18(2)6-5-14-12(8-18)15(17(25)26)16(28-14)10-3-4-13(27-19(20,21)22)11(7-10)9-24-23/h3-4,7,24H,5-6,8-9H2,1-2H3,(H,25,26). The van der Waals surface area contributed by atoms with E-state index in [1.807, 2.05) is 22.9 Å². The molecule has 0 saturated heterocycles. The fourth-order valence-corrected chi connectivity index (χ4v) is 5.22. The van der Waals surface area contributed by atoms with E-state index in [0.29, 0.717) is 22.4 Å². The van der Waals surface area contributed by atoms with Crippen molar-refractivity contribution in [1.29, 1.82) is 0 Å². The van der Waals surface area contributed by atoms with Crippen LogP contribution in [0.4, 0.5) is 13.2 Å². The molecular formula is C19H19F3INO3S. The van der Waals surface area contributed by atoms with E-state index >= 15 is 0 Å². The number of aryl methyl sites for hydroxylation is 1. The lowest BCUT2D eigenvalue weighted by molar-refractivity contribution is -0.274. The number of benzene rings is 1. The molecule has 1 aromatic heterocycles.